The van der Waals surface area contributed by atoms with Crippen molar-refractivity contribution in [3.8, 4) is 11.8 Å². The molecule has 2 N–H and O–H groups in total. The average Bonchev–Trinajstić information content (AvgIpc) is 2.81. The van der Waals surface area contributed by atoms with Gasteiger partial charge in [-0.3, -0.25) is 0 Å². The molecule has 0 aliphatic heterocycles. The number of rotatable bonds is 3. The summed E-state index contributed by atoms with van der Waals surface area (Å²) in [7, 11) is 0. The van der Waals surface area contributed by atoms with E-state index in [0.29, 0.717) is 11.8 Å². The number of benzene rings is 1. The van der Waals surface area contributed by atoms with Gasteiger partial charge >= 0.3 is 0 Å². The van der Waals surface area contributed by atoms with Crippen LogP contribution in [-0.4, -0.2) is 11.5 Å². The van der Waals surface area contributed by atoms with Gasteiger partial charge in [0.15, 0.2) is 0 Å². The molecule has 0 fully saturated rings. The number of thioether (sulfide) groups is 1. The van der Waals surface area contributed by atoms with Gasteiger partial charge in [-0.25, -0.2) is 4.98 Å². The van der Waals surface area contributed by atoms with E-state index in [0.717, 1.165) is 17.0 Å². The molecule has 0 spiro atoms. The van der Waals surface area contributed by atoms with Crippen LogP contribution in [0.3, 0.4) is 0 Å². The Morgan fingerprint density at radius 1 is 1.39 bits per heavy atom. The fourth-order valence-electron chi connectivity index (χ4n) is 1.45. The van der Waals surface area contributed by atoms with Crippen molar-refractivity contribution in [3.05, 3.63) is 47.3 Å². The lowest BCUT2D eigenvalue weighted by Crippen LogP contribution is -1.94. The molecule has 0 aliphatic carbocycles. The van der Waals surface area contributed by atoms with Crippen LogP contribution in [0.2, 0.25) is 0 Å². The monoisotopic (exact) mass is 258 g/mol. The van der Waals surface area contributed by atoms with E-state index in [1.54, 1.807) is 18.0 Å². The number of hydrogen-bond donors (Lipinski definition) is 1. The zero-order valence-corrected chi connectivity index (χ0v) is 11.0. The van der Waals surface area contributed by atoms with Crippen molar-refractivity contribution in [1.29, 1.82) is 0 Å². The molecule has 2 aromatic rings. The second kappa shape index (κ2) is 6.29. The third kappa shape index (κ3) is 3.39. The Bertz CT molecular complexity index is 581. The molecule has 0 atom stereocenters. The van der Waals surface area contributed by atoms with Gasteiger partial charge in [-0.2, -0.15) is 0 Å². The SMILES string of the molecule is Cc1coc(SCc2ccccc2C#CCN)n1. The molecule has 0 unspecified atom stereocenters. The van der Waals surface area contributed by atoms with Gasteiger partial charge in [0, 0.05) is 11.3 Å². The Balaban J connectivity index is 2.09. The summed E-state index contributed by atoms with van der Waals surface area (Å²) in [5, 5.41) is 0.689. The first-order valence-corrected chi connectivity index (χ1v) is 6.60. The molecule has 0 saturated heterocycles. The average molecular weight is 258 g/mol. The number of aromatic nitrogens is 1. The first-order valence-electron chi connectivity index (χ1n) is 5.61. The smallest absolute Gasteiger partial charge is 0.256 e. The molecule has 0 amide bonds. The Kier molecular flexibility index (Phi) is 4.46. The Morgan fingerprint density at radius 2 is 2.22 bits per heavy atom. The highest BCUT2D eigenvalue weighted by atomic mass is 32.2. The Morgan fingerprint density at radius 3 is 2.94 bits per heavy atom. The zero-order chi connectivity index (χ0) is 12.8. The van der Waals surface area contributed by atoms with Crippen molar-refractivity contribution in [2.75, 3.05) is 6.54 Å². The zero-order valence-electron chi connectivity index (χ0n) is 10.1. The molecule has 0 saturated carbocycles. The number of nitrogens with zero attached hydrogens (tertiary/aromatic N) is 1. The van der Waals surface area contributed by atoms with Crippen LogP contribution in [0.5, 0.6) is 0 Å². The van der Waals surface area contributed by atoms with Crippen molar-refractivity contribution < 1.29 is 4.42 Å². The van der Waals surface area contributed by atoms with E-state index in [9.17, 15) is 0 Å². The maximum Gasteiger partial charge on any atom is 0.256 e. The summed E-state index contributed by atoms with van der Waals surface area (Å²) in [5.41, 5.74) is 8.47. The van der Waals surface area contributed by atoms with Gasteiger partial charge in [0.1, 0.15) is 6.26 Å². The van der Waals surface area contributed by atoms with E-state index in [-0.39, 0.29) is 0 Å². The normalized spacial score (nSPS) is 9.89. The second-order valence-electron chi connectivity index (χ2n) is 3.71. The van der Waals surface area contributed by atoms with Crippen LogP contribution in [-0.2, 0) is 5.75 Å². The minimum absolute atomic E-state index is 0.375. The predicted molar refractivity (Wildman–Crippen MR) is 73.2 cm³/mol. The van der Waals surface area contributed by atoms with Crippen LogP contribution in [0.15, 0.2) is 40.2 Å². The highest BCUT2D eigenvalue weighted by Gasteiger charge is 2.04. The summed E-state index contributed by atoms with van der Waals surface area (Å²) in [5.74, 6) is 6.74. The number of aryl methyl sites for hydroxylation is 1. The summed E-state index contributed by atoms with van der Waals surface area (Å²) in [6, 6.07) is 8.04. The Hall–Kier alpha value is -1.70. The van der Waals surface area contributed by atoms with Crippen molar-refractivity contribution in [2.24, 2.45) is 5.73 Å². The third-order valence-corrected chi connectivity index (χ3v) is 3.18. The van der Waals surface area contributed by atoms with Gasteiger partial charge in [-0.1, -0.05) is 41.8 Å². The molecule has 1 heterocycles. The van der Waals surface area contributed by atoms with E-state index < -0.39 is 0 Å². The lowest BCUT2D eigenvalue weighted by atomic mass is 10.1. The highest BCUT2D eigenvalue weighted by molar-refractivity contribution is 7.98. The third-order valence-electron chi connectivity index (χ3n) is 2.29. The largest absolute Gasteiger partial charge is 0.440 e. The van der Waals surface area contributed by atoms with Crippen molar-refractivity contribution in [3.63, 3.8) is 0 Å². The second-order valence-corrected chi connectivity index (χ2v) is 4.63. The molecular weight excluding hydrogens is 244 g/mol. The van der Waals surface area contributed by atoms with E-state index in [1.165, 1.54) is 5.56 Å². The predicted octanol–water partition coefficient (Wildman–Crippen LogP) is 2.59. The molecule has 0 aliphatic rings. The van der Waals surface area contributed by atoms with E-state index in [2.05, 4.69) is 22.9 Å². The van der Waals surface area contributed by atoms with Crippen LogP contribution in [0, 0.1) is 18.8 Å². The summed E-state index contributed by atoms with van der Waals surface area (Å²) in [6.45, 7) is 2.29. The molecule has 1 aromatic carbocycles. The number of nitrogens with two attached hydrogens (primary N) is 1. The summed E-state index contributed by atoms with van der Waals surface area (Å²) >= 11 is 1.57. The van der Waals surface area contributed by atoms with Crippen molar-refractivity contribution in [1.82, 2.24) is 4.98 Å². The quantitative estimate of drug-likeness (QED) is 0.679. The standard InChI is InChI=1S/C14H14N2OS/c1-11-9-17-14(16-11)18-10-13-6-3-2-5-12(13)7-4-8-15/h2-3,5-6,9H,8,10,15H2,1H3. The van der Waals surface area contributed by atoms with Gasteiger partial charge in [-0.05, 0) is 18.6 Å². The number of oxazole rings is 1. The molecule has 18 heavy (non-hydrogen) atoms. The topological polar surface area (TPSA) is 52.0 Å². The van der Waals surface area contributed by atoms with Crippen LogP contribution in [0.4, 0.5) is 0 Å². The lowest BCUT2D eigenvalue weighted by molar-refractivity contribution is 0.454. The molecule has 2 rings (SSSR count). The molecule has 3 nitrogen and oxygen atoms in total. The summed E-state index contributed by atoms with van der Waals surface area (Å²) < 4.78 is 5.30. The fourth-order valence-corrected chi connectivity index (χ4v) is 2.31. The molecule has 0 bridgehead atoms. The molecule has 92 valence electrons. The van der Waals surface area contributed by atoms with E-state index >= 15 is 0 Å². The van der Waals surface area contributed by atoms with Crippen molar-refractivity contribution in [2.45, 2.75) is 17.9 Å². The van der Waals surface area contributed by atoms with Gasteiger partial charge in [0.05, 0.1) is 12.2 Å². The molecular formula is C14H14N2OS. The summed E-state index contributed by atoms with van der Waals surface area (Å²) in [6.07, 6.45) is 1.66. The van der Waals surface area contributed by atoms with Gasteiger partial charge in [-0.15, -0.1) is 0 Å². The van der Waals surface area contributed by atoms with Gasteiger partial charge in [0.2, 0.25) is 0 Å². The minimum Gasteiger partial charge on any atom is -0.440 e. The van der Waals surface area contributed by atoms with E-state index in [1.807, 2.05) is 25.1 Å². The summed E-state index contributed by atoms with van der Waals surface area (Å²) in [4.78, 5) is 4.26. The first-order chi connectivity index (χ1) is 8.79. The molecule has 4 heteroatoms. The van der Waals surface area contributed by atoms with Crippen LogP contribution >= 0.6 is 11.8 Å². The highest BCUT2D eigenvalue weighted by Crippen LogP contribution is 2.23. The van der Waals surface area contributed by atoms with Crippen molar-refractivity contribution >= 4 is 11.8 Å². The molecule has 0 radical (unpaired) electrons. The lowest BCUT2D eigenvalue weighted by Gasteiger charge is -2.01. The van der Waals surface area contributed by atoms with Crippen LogP contribution in [0.25, 0.3) is 0 Å². The first kappa shape index (κ1) is 12.7. The maximum absolute atomic E-state index is 5.39. The molecule has 1 aromatic heterocycles. The Labute approximate surface area is 111 Å². The van der Waals surface area contributed by atoms with E-state index in [4.69, 9.17) is 10.2 Å². The van der Waals surface area contributed by atoms with Crippen LogP contribution in [0.1, 0.15) is 16.8 Å². The minimum atomic E-state index is 0.375. The number of hydrogen-bond acceptors (Lipinski definition) is 4. The maximum atomic E-state index is 5.39. The fraction of sp³-hybridized carbons (Fsp3) is 0.214. The van der Waals surface area contributed by atoms with Gasteiger partial charge < -0.3 is 10.2 Å². The van der Waals surface area contributed by atoms with Gasteiger partial charge in [0.25, 0.3) is 5.22 Å². The van der Waals surface area contributed by atoms with Crippen LogP contribution < -0.4 is 5.73 Å².